The second kappa shape index (κ2) is 6.18. The summed E-state index contributed by atoms with van der Waals surface area (Å²) in [4.78, 5) is 24.0. The highest BCUT2D eigenvalue weighted by Gasteiger charge is 2.52. The number of aryl methyl sites for hydroxylation is 1. The third-order valence-corrected chi connectivity index (χ3v) is 6.62. The Morgan fingerprint density at radius 2 is 2.11 bits per heavy atom. The van der Waals surface area contributed by atoms with Crippen molar-refractivity contribution < 1.29 is 9.47 Å². The van der Waals surface area contributed by atoms with Gasteiger partial charge in [0.2, 0.25) is 11.2 Å². The van der Waals surface area contributed by atoms with Gasteiger partial charge in [0.05, 0.1) is 12.6 Å². The first kappa shape index (κ1) is 17.5. The first-order chi connectivity index (χ1) is 13.0. The molecule has 4 heterocycles. The summed E-state index contributed by atoms with van der Waals surface area (Å²) in [6.07, 6.45) is 3.17. The van der Waals surface area contributed by atoms with E-state index in [0.29, 0.717) is 42.3 Å². The Morgan fingerprint density at radius 1 is 1.30 bits per heavy atom. The minimum Gasteiger partial charge on any atom is -0.471 e. The monoisotopic (exact) mass is 393 g/mol. The smallest absolute Gasteiger partial charge is 0.330 e. The van der Waals surface area contributed by atoms with Gasteiger partial charge in [0.25, 0.3) is 0 Å². The maximum atomic E-state index is 12.9. The van der Waals surface area contributed by atoms with Gasteiger partial charge in [-0.25, -0.2) is 4.79 Å². The Hall–Kier alpha value is -1.64. The molecular weight excluding hydrogens is 370 g/mol. The van der Waals surface area contributed by atoms with Crippen LogP contribution < -0.4 is 10.4 Å². The number of ether oxygens (including phenoxy) is 2. The van der Waals surface area contributed by atoms with E-state index in [1.54, 1.807) is 16.2 Å². The number of likely N-dealkylation sites (N-methyl/N-ethyl adjacent to an activating group) is 1. The van der Waals surface area contributed by atoms with E-state index in [1.807, 2.05) is 0 Å². The van der Waals surface area contributed by atoms with Gasteiger partial charge in [0, 0.05) is 25.7 Å². The van der Waals surface area contributed by atoms with Crippen LogP contribution in [-0.2, 0) is 11.8 Å². The molecule has 2 aromatic heterocycles. The number of aromatic nitrogens is 4. The van der Waals surface area contributed by atoms with Crippen molar-refractivity contribution in [1.82, 2.24) is 24.0 Å². The van der Waals surface area contributed by atoms with E-state index in [2.05, 4.69) is 28.8 Å². The van der Waals surface area contributed by atoms with Gasteiger partial charge in [-0.3, -0.25) is 14.0 Å². The van der Waals surface area contributed by atoms with E-state index in [4.69, 9.17) is 21.1 Å². The molecule has 1 saturated carbocycles. The fraction of sp³-hybridized carbons (Fsp3) is 0.722. The first-order valence-electron chi connectivity index (χ1n) is 9.56. The molecule has 27 heavy (non-hydrogen) atoms. The Morgan fingerprint density at radius 3 is 2.78 bits per heavy atom. The molecule has 0 radical (unpaired) electrons. The van der Waals surface area contributed by atoms with Crippen molar-refractivity contribution in [2.75, 3.05) is 20.3 Å². The highest BCUT2D eigenvalue weighted by atomic mass is 35.5. The predicted molar refractivity (Wildman–Crippen MR) is 100 cm³/mol. The van der Waals surface area contributed by atoms with Crippen LogP contribution in [0.25, 0.3) is 11.2 Å². The largest absolute Gasteiger partial charge is 0.471 e. The number of nitrogens with zero attached hydrogens (tertiary/aromatic N) is 5. The lowest BCUT2D eigenvalue weighted by Gasteiger charge is -2.28. The number of imidazole rings is 1. The lowest BCUT2D eigenvalue weighted by atomic mass is 10.1. The molecule has 0 aromatic carbocycles. The van der Waals surface area contributed by atoms with Crippen LogP contribution in [0.2, 0.25) is 5.28 Å². The lowest BCUT2D eigenvalue weighted by Crippen LogP contribution is -2.40. The Balaban J connectivity index is 1.54. The Bertz CT molecular complexity index is 951. The normalized spacial score (nSPS) is 31.4. The fourth-order valence-electron chi connectivity index (χ4n) is 4.83. The average molecular weight is 394 g/mol. The summed E-state index contributed by atoms with van der Waals surface area (Å²) in [5.74, 6) is 1.18. The van der Waals surface area contributed by atoms with Crippen LogP contribution in [0.3, 0.4) is 0 Å². The molecule has 5 atom stereocenters. The molecule has 0 amide bonds. The number of piperidine rings is 1. The Kier molecular flexibility index (Phi) is 4.00. The van der Waals surface area contributed by atoms with E-state index in [-0.39, 0.29) is 23.1 Å². The SMILES string of the molecule is C[C@H](Oc1nc(Cl)nc2c1n(C)c(=O)n2[C@@H]1CCOC1)[C@@H]1C[C@@H]2C[C@@H]2N1C. The van der Waals surface area contributed by atoms with Crippen LogP contribution in [0.15, 0.2) is 4.79 Å². The van der Waals surface area contributed by atoms with Crippen LogP contribution in [0.5, 0.6) is 5.88 Å². The van der Waals surface area contributed by atoms with Crippen molar-refractivity contribution in [2.24, 2.45) is 13.0 Å². The molecule has 5 rings (SSSR count). The van der Waals surface area contributed by atoms with Crippen molar-refractivity contribution in [3.05, 3.63) is 15.8 Å². The molecule has 3 aliphatic rings. The highest BCUT2D eigenvalue weighted by molar-refractivity contribution is 6.28. The van der Waals surface area contributed by atoms with Crippen LogP contribution in [-0.4, -0.2) is 62.5 Å². The molecule has 9 heteroatoms. The molecule has 0 unspecified atom stereocenters. The number of fused-ring (bicyclic) bond motifs is 2. The molecule has 2 aromatic rings. The number of rotatable bonds is 4. The molecule has 0 bridgehead atoms. The molecule has 146 valence electrons. The van der Waals surface area contributed by atoms with E-state index in [1.165, 1.54) is 6.42 Å². The van der Waals surface area contributed by atoms with Gasteiger partial charge in [-0.15, -0.1) is 0 Å². The maximum absolute atomic E-state index is 12.9. The van der Waals surface area contributed by atoms with Gasteiger partial charge >= 0.3 is 5.69 Å². The number of hydrogen-bond donors (Lipinski definition) is 0. The van der Waals surface area contributed by atoms with Gasteiger partial charge in [-0.2, -0.15) is 9.97 Å². The van der Waals surface area contributed by atoms with E-state index >= 15 is 0 Å². The molecule has 1 aliphatic carbocycles. The summed E-state index contributed by atoms with van der Waals surface area (Å²) < 4.78 is 15.0. The number of halogens is 1. The summed E-state index contributed by atoms with van der Waals surface area (Å²) in [6.45, 7) is 3.21. The molecule has 0 spiro atoms. The van der Waals surface area contributed by atoms with E-state index in [9.17, 15) is 4.79 Å². The maximum Gasteiger partial charge on any atom is 0.330 e. The molecule has 0 N–H and O–H groups in total. The molecular formula is C18H24ClN5O3. The van der Waals surface area contributed by atoms with Crippen molar-refractivity contribution in [1.29, 1.82) is 0 Å². The third-order valence-electron chi connectivity index (χ3n) is 6.45. The second-order valence-corrected chi connectivity index (χ2v) is 8.39. The predicted octanol–water partition coefficient (Wildman–Crippen LogP) is 1.60. The molecule has 3 fully saturated rings. The van der Waals surface area contributed by atoms with Crippen molar-refractivity contribution >= 4 is 22.8 Å². The highest BCUT2D eigenvalue weighted by Crippen LogP contribution is 2.48. The zero-order valence-electron chi connectivity index (χ0n) is 15.8. The van der Waals surface area contributed by atoms with Crippen LogP contribution >= 0.6 is 11.6 Å². The molecule has 8 nitrogen and oxygen atoms in total. The van der Waals surface area contributed by atoms with Crippen LogP contribution in [0.1, 0.15) is 32.2 Å². The summed E-state index contributed by atoms with van der Waals surface area (Å²) in [6, 6.07) is 1.01. The standard InChI is InChI=1S/C18H24ClN5O3/c1-9(12-6-10-7-13(10)22(12)2)27-16-14-15(20-17(19)21-16)24(18(25)23(14)3)11-4-5-26-8-11/h9-13H,4-8H2,1-3H3/t9-,10+,11+,12-,13-/m0/s1. The van der Waals surface area contributed by atoms with Gasteiger partial charge in [0.15, 0.2) is 11.2 Å². The summed E-state index contributed by atoms with van der Waals surface area (Å²) in [7, 11) is 3.89. The van der Waals surface area contributed by atoms with E-state index in [0.717, 1.165) is 18.8 Å². The van der Waals surface area contributed by atoms with Gasteiger partial charge in [-0.05, 0) is 50.8 Å². The van der Waals surface area contributed by atoms with E-state index < -0.39 is 0 Å². The number of likely N-dealkylation sites (tertiary alicyclic amines) is 1. The minimum absolute atomic E-state index is 0.0366. The average Bonchev–Trinajstić information content (AvgIpc) is 2.93. The van der Waals surface area contributed by atoms with Crippen LogP contribution in [0, 0.1) is 5.92 Å². The first-order valence-corrected chi connectivity index (χ1v) is 9.94. The van der Waals surface area contributed by atoms with Gasteiger partial charge in [-0.1, -0.05) is 0 Å². The van der Waals surface area contributed by atoms with Crippen LogP contribution in [0.4, 0.5) is 0 Å². The topological polar surface area (TPSA) is 74.4 Å². The van der Waals surface area contributed by atoms with Crippen molar-refractivity contribution in [3.63, 3.8) is 0 Å². The quantitative estimate of drug-likeness (QED) is 0.734. The fourth-order valence-corrected chi connectivity index (χ4v) is 4.98. The van der Waals surface area contributed by atoms with Crippen molar-refractivity contribution in [3.8, 4) is 5.88 Å². The summed E-state index contributed by atoms with van der Waals surface area (Å²) in [5.41, 5.74) is 0.964. The van der Waals surface area contributed by atoms with Crippen molar-refractivity contribution in [2.45, 2.75) is 50.4 Å². The van der Waals surface area contributed by atoms with Gasteiger partial charge < -0.3 is 9.47 Å². The zero-order valence-corrected chi connectivity index (χ0v) is 16.5. The molecule has 2 saturated heterocycles. The minimum atomic E-state index is -0.145. The summed E-state index contributed by atoms with van der Waals surface area (Å²) in [5, 5.41) is 0.0885. The Labute approximate surface area is 162 Å². The lowest BCUT2D eigenvalue weighted by molar-refractivity contribution is 0.103. The number of hydrogen-bond acceptors (Lipinski definition) is 6. The van der Waals surface area contributed by atoms with Gasteiger partial charge in [0.1, 0.15) is 6.10 Å². The molecule has 2 aliphatic heterocycles. The zero-order chi connectivity index (χ0) is 18.9. The third kappa shape index (κ3) is 2.68. The second-order valence-electron chi connectivity index (χ2n) is 8.05. The summed E-state index contributed by atoms with van der Waals surface area (Å²) >= 11 is 6.20.